The highest BCUT2D eigenvalue weighted by molar-refractivity contribution is 7.80. The van der Waals surface area contributed by atoms with Crippen molar-refractivity contribution >= 4 is 23.4 Å². The lowest BCUT2D eigenvalue weighted by molar-refractivity contribution is 0.292. The monoisotopic (exact) mass is 477 g/mol. The van der Waals surface area contributed by atoms with Crippen molar-refractivity contribution in [3.63, 3.8) is 0 Å². The minimum atomic E-state index is -0.468. The fourth-order valence-corrected chi connectivity index (χ4v) is 4.72. The number of nitrogens with one attached hydrogen (secondary N) is 2. The molecule has 3 aromatic rings. The fraction of sp³-hybridized carbons (Fsp3) is 0.148. The number of nitrogens with zero attached hydrogens (tertiary/aromatic N) is 1. The predicted molar refractivity (Wildman–Crippen MR) is 131 cm³/mol. The summed E-state index contributed by atoms with van der Waals surface area (Å²) in [5, 5.41) is 6.82. The van der Waals surface area contributed by atoms with Gasteiger partial charge in [0.15, 0.2) is 5.11 Å². The quantitative estimate of drug-likeness (QED) is 0.487. The summed E-state index contributed by atoms with van der Waals surface area (Å²) in [5.74, 6) is -0.942. The Kier molecular flexibility index (Phi) is 6.22. The van der Waals surface area contributed by atoms with Crippen LogP contribution in [0.15, 0.2) is 89.6 Å². The normalized spacial score (nSPS) is 19.6. The smallest absolute Gasteiger partial charge is 0.171 e. The summed E-state index contributed by atoms with van der Waals surface area (Å²) < 4.78 is 42.7. The van der Waals surface area contributed by atoms with Crippen LogP contribution in [0.3, 0.4) is 0 Å². The number of hydrogen-bond acceptors (Lipinski definition) is 2. The minimum absolute atomic E-state index is 0.290. The Balaban J connectivity index is 1.59. The van der Waals surface area contributed by atoms with E-state index in [9.17, 15) is 13.2 Å². The maximum atomic E-state index is 14.8. The lowest BCUT2D eigenvalue weighted by atomic mass is 9.88. The zero-order valence-electron chi connectivity index (χ0n) is 18.2. The molecule has 1 unspecified atom stereocenters. The van der Waals surface area contributed by atoms with E-state index in [1.807, 2.05) is 0 Å². The standard InChI is InChI=1S/C27H22F3N3S/c28-20-11-9-17(10-12-20)14-33-15-19(13-18-5-1-3-7-23(18)29)25-22(16-33)26(32-27(34)31-25)21-6-2-4-8-24(21)30/h1-13,26H,14-16H2,(H2,31,32,34)/b19-13+. The van der Waals surface area contributed by atoms with Gasteiger partial charge in [-0.3, -0.25) is 4.90 Å². The number of benzene rings is 3. The summed E-state index contributed by atoms with van der Waals surface area (Å²) >= 11 is 5.46. The van der Waals surface area contributed by atoms with E-state index < -0.39 is 6.04 Å². The van der Waals surface area contributed by atoms with Crippen molar-refractivity contribution in [3.05, 3.63) is 124 Å². The molecule has 2 aliphatic heterocycles. The van der Waals surface area contributed by atoms with Gasteiger partial charge in [0.05, 0.1) is 6.04 Å². The molecule has 3 nitrogen and oxygen atoms in total. The van der Waals surface area contributed by atoms with Crippen molar-refractivity contribution in [1.82, 2.24) is 15.5 Å². The SMILES string of the molecule is Fc1ccc(CN2CC3=C(NC(=S)NC3c3ccccc3F)/C(=C/c3ccccc3F)C2)cc1. The molecule has 3 aromatic carbocycles. The average molecular weight is 478 g/mol. The molecule has 0 bridgehead atoms. The molecule has 2 heterocycles. The van der Waals surface area contributed by atoms with Crippen LogP contribution in [0.2, 0.25) is 0 Å². The summed E-state index contributed by atoms with van der Waals surface area (Å²) in [5.41, 5.74) is 4.45. The summed E-state index contributed by atoms with van der Waals surface area (Å²) in [7, 11) is 0. The van der Waals surface area contributed by atoms with Gasteiger partial charge in [-0.2, -0.15) is 0 Å². The molecule has 0 aromatic heterocycles. The molecule has 0 radical (unpaired) electrons. The first-order valence-corrected chi connectivity index (χ1v) is 11.4. The van der Waals surface area contributed by atoms with Crippen molar-refractivity contribution in [2.45, 2.75) is 12.6 Å². The van der Waals surface area contributed by atoms with E-state index in [0.29, 0.717) is 35.9 Å². The highest BCUT2D eigenvalue weighted by Crippen LogP contribution is 2.36. The molecule has 7 heteroatoms. The van der Waals surface area contributed by atoms with Crippen molar-refractivity contribution in [3.8, 4) is 0 Å². The van der Waals surface area contributed by atoms with E-state index in [1.165, 1.54) is 24.3 Å². The van der Waals surface area contributed by atoms with Crippen LogP contribution < -0.4 is 10.6 Å². The van der Waals surface area contributed by atoms with Gasteiger partial charge in [-0.05, 0) is 59.3 Å². The van der Waals surface area contributed by atoms with Gasteiger partial charge in [0.2, 0.25) is 0 Å². The Morgan fingerprint density at radius 3 is 2.32 bits per heavy atom. The van der Waals surface area contributed by atoms with Crippen LogP contribution in [0.5, 0.6) is 0 Å². The van der Waals surface area contributed by atoms with E-state index in [0.717, 1.165) is 22.4 Å². The molecule has 2 N–H and O–H groups in total. The molecule has 0 saturated heterocycles. The van der Waals surface area contributed by atoms with E-state index in [4.69, 9.17) is 12.2 Å². The largest absolute Gasteiger partial charge is 0.352 e. The van der Waals surface area contributed by atoms with Crippen LogP contribution in [0.4, 0.5) is 13.2 Å². The van der Waals surface area contributed by atoms with Crippen LogP contribution in [-0.4, -0.2) is 23.1 Å². The Morgan fingerprint density at radius 2 is 1.59 bits per heavy atom. The first kappa shape index (κ1) is 22.4. The zero-order valence-corrected chi connectivity index (χ0v) is 19.0. The highest BCUT2D eigenvalue weighted by Gasteiger charge is 2.34. The second-order valence-corrected chi connectivity index (χ2v) is 8.82. The number of halogens is 3. The van der Waals surface area contributed by atoms with E-state index in [2.05, 4.69) is 15.5 Å². The number of rotatable bonds is 4. The zero-order chi connectivity index (χ0) is 23.7. The summed E-state index contributed by atoms with van der Waals surface area (Å²) in [6, 6.07) is 19.1. The van der Waals surface area contributed by atoms with Crippen LogP contribution in [0.25, 0.3) is 6.08 Å². The third kappa shape index (κ3) is 4.62. The van der Waals surface area contributed by atoms with E-state index in [1.54, 1.807) is 54.6 Å². The molecule has 0 aliphatic carbocycles. The Labute approximate surface area is 201 Å². The molecule has 0 amide bonds. The van der Waals surface area contributed by atoms with Crippen LogP contribution >= 0.6 is 12.2 Å². The lowest BCUT2D eigenvalue weighted by Crippen LogP contribution is -2.50. The summed E-state index contributed by atoms with van der Waals surface area (Å²) in [6.07, 6.45) is 1.81. The van der Waals surface area contributed by atoms with Gasteiger partial charge in [-0.15, -0.1) is 0 Å². The molecule has 172 valence electrons. The molecule has 2 aliphatic rings. The Morgan fingerprint density at radius 1 is 0.882 bits per heavy atom. The molecular weight excluding hydrogens is 455 g/mol. The fourth-order valence-electron chi connectivity index (χ4n) is 4.50. The Bertz CT molecular complexity index is 1300. The van der Waals surface area contributed by atoms with Crippen LogP contribution in [0, 0.1) is 17.5 Å². The van der Waals surface area contributed by atoms with Crippen molar-refractivity contribution < 1.29 is 13.2 Å². The maximum Gasteiger partial charge on any atom is 0.171 e. The second-order valence-electron chi connectivity index (χ2n) is 8.42. The van der Waals surface area contributed by atoms with Crippen LogP contribution in [-0.2, 0) is 6.54 Å². The highest BCUT2D eigenvalue weighted by atomic mass is 32.1. The first-order chi connectivity index (χ1) is 16.5. The summed E-state index contributed by atoms with van der Waals surface area (Å²) in [4.78, 5) is 2.17. The van der Waals surface area contributed by atoms with Gasteiger partial charge in [0.25, 0.3) is 0 Å². The predicted octanol–water partition coefficient (Wildman–Crippen LogP) is 5.48. The second kappa shape index (κ2) is 9.44. The molecule has 0 fully saturated rings. The van der Waals surface area contributed by atoms with Crippen molar-refractivity contribution in [2.24, 2.45) is 0 Å². The van der Waals surface area contributed by atoms with Crippen LogP contribution in [0.1, 0.15) is 22.7 Å². The number of thiocarbonyl (C=S) groups is 1. The maximum absolute atomic E-state index is 14.8. The van der Waals surface area contributed by atoms with Gasteiger partial charge in [0, 0.05) is 36.5 Å². The average Bonchev–Trinajstić information content (AvgIpc) is 2.82. The molecular formula is C27H22F3N3S. The van der Waals surface area contributed by atoms with E-state index in [-0.39, 0.29) is 17.5 Å². The van der Waals surface area contributed by atoms with E-state index >= 15 is 0 Å². The molecule has 5 rings (SSSR count). The van der Waals surface area contributed by atoms with Crippen molar-refractivity contribution in [1.29, 1.82) is 0 Å². The molecule has 1 atom stereocenters. The van der Waals surface area contributed by atoms with Gasteiger partial charge in [-0.1, -0.05) is 48.5 Å². The minimum Gasteiger partial charge on any atom is -0.352 e. The summed E-state index contributed by atoms with van der Waals surface area (Å²) in [6.45, 7) is 1.60. The Hall–Kier alpha value is -3.42. The molecule has 34 heavy (non-hydrogen) atoms. The third-order valence-electron chi connectivity index (χ3n) is 6.06. The first-order valence-electron chi connectivity index (χ1n) is 10.9. The molecule has 0 saturated carbocycles. The number of hydrogen-bond donors (Lipinski definition) is 2. The lowest BCUT2D eigenvalue weighted by Gasteiger charge is -2.40. The third-order valence-corrected chi connectivity index (χ3v) is 6.28. The van der Waals surface area contributed by atoms with Gasteiger partial charge < -0.3 is 10.6 Å². The van der Waals surface area contributed by atoms with Crippen molar-refractivity contribution in [2.75, 3.05) is 13.1 Å². The van der Waals surface area contributed by atoms with Gasteiger partial charge in [-0.25, -0.2) is 13.2 Å². The van der Waals surface area contributed by atoms with Gasteiger partial charge >= 0.3 is 0 Å². The molecule has 0 spiro atoms. The topological polar surface area (TPSA) is 27.3 Å². The van der Waals surface area contributed by atoms with Gasteiger partial charge in [0.1, 0.15) is 17.5 Å².